The number of pyridine rings is 2. The van der Waals surface area contributed by atoms with Crippen LogP contribution in [0.3, 0.4) is 0 Å². The van der Waals surface area contributed by atoms with Crippen molar-refractivity contribution in [3.05, 3.63) is 75.9 Å². The molecule has 3 aromatic heterocycles. The van der Waals surface area contributed by atoms with Gasteiger partial charge in [-0.15, -0.1) is 0 Å². The number of carbonyl (C=O) groups excluding carboxylic acids is 1. The molecule has 122 valence electrons. The van der Waals surface area contributed by atoms with Crippen molar-refractivity contribution in [1.29, 1.82) is 0 Å². The van der Waals surface area contributed by atoms with Gasteiger partial charge in [-0.2, -0.15) is 0 Å². The molecule has 0 aliphatic heterocycles. The van der Waals surface area contributed by atoms with Gasteiger partial charge in [0, 0.05) is 36.4 Å². The lowest BCUT2D eigenvalue weighted by atomic mass is 10.1. The molecule has 0 saturated carbocycles. The number of rotatable bonds is 4. The molecule has 0 radical (unpaired) electrons. The summed E-state index contributed by atoms with van der Waals surface area (Å²) in [6.07, 6.45) is 6.56. The van der Waals surface area contributed by atoms with Crippen molar-refractivity contribution in [3.63, 3.8) is 0 Å². The number of amides is 1. The van der Waals surface area contributed by atoms with Crippen LogP contribution in [0.25, 0.3) is 5.82 Å². The van der Waals surface area contributed by atoms with Gasteiger partial charge < -0.3 is 10.3 Å². The number of aromatic nitrogens is 4. The highest BCUT2D eigenvalue weighted by molar-refractivity contribution is 5.93. The fourth-order valence-electron chi connectivity index (χ4n) is 2.44. The van der Waals surface area contributed by atoms with Gasteiger partial charge in [-0.1, -0.05) is 0 Å². The molecule has 0 unspecified atom stereocenters. The number of hydrogen-bond donors (Lipinski definition) is 2. The summed E-state index contributed by atoms with van der Waals surface area (Å²) in [6.45, 7) is 3.85. The van der Waals surface area contributed by atoms with E-state index in [4.69, 9.17) is 0 Å². The highest BCUT2D eigenvalue weighted by Gasteiger charge is 2.10. The second kappa shape index (κ2) is 6.49. The van der Waals surface area contributed by atoms with Crippen LogP contribution in [0.15, 0.2) is 47.9 Å². The summed E-state index contributed by atoms with van der Waals surface area (Å²) in [6, 6.07) is 5.30. The maximum absolute atomic E-state index is 12.2. The molecule has 0 fully saturated rings. The monoisotopic (exact) mass is 323 g/mol. The van der Waals surface area contributed by atoms with Crippen molar-refractivity contribution in [3.8, 4) is 5.82 Å². The summed E-state index contributed by atoms with van der Waals surface area (Å²) in [7, 11) is 0. The van der Waals surface area contributed by atoms with Crippen LogP contribution in [0.1, 0.15) is 27.2 Å². The smallest absolute Gasteiger partial charge is 0.253 e. The Bertz CT molecular complexity index is 911. The Morgan fingerprint density at radius 3 is 2.79 bits per heavy atom. The number of nitrogens with one attached hydrogen (secondary N) is 2. The number of aromatic amines is 1. The Morgan fingerprint density at radius 1 is 1.33 bits per heavy atom. The topological polar surface area (TPSA) is 92.7 Å². The van der Waals surface area contributed by atoms with Crippen LogP contribution in [-0.4, -0.2) is 25.4 Å². The molecule has 0 spiro atoms. The van der Waals surface area contributed by atoms with Crippen molar-refractivity contribution >= 4 is 5.91 Å². The Kier molecular flexibility index (Phi) is 4.24. The first-order valence-corrected chi connectivity index (χ1v) is 7.46. The van der Waals surface area contributed by atoms with Gasteiger partial charge in [-0.25, -0.2) is 9.97 Å². The molecule has 7 heteroatoms. The maximum atomic E-state index is 12.2. The van der Waals surface area contributed by atoms with Crippen LogP contribution in [0, 0.1) is 13.8 Å². The average molecular weight is 323 g/mol. The number of carbonyl (C=O) groups is 1. The van der Waals surface area contributed by atoms with E-state index in [-0.39, 0.29) is 18.0 Å². The third-order valence-electron chi connectivity index (χ3n) is 3.70. The molecule has 0 aliphatic rings. The molecule has 3 rings (SSSR count). The highest BCUT2D eigenvalue weighted by Crippen LogP contribution is 2.07. The first kappa shape index (κ1) is 15.7. The number of hydrogen-bond acceptors (Lipinski definition) is 4. The lowest BCUT2D eigenvalue weighted by molar-refractivity contribution is 0.0950. The third kappa shape index (κ3) is 3.24. The minimum atomic E-state index is -0.279. The van der Waals surface area contributed by atoms with Crippen LogP contribution in [0.2, 0.25) is 0 Å². The van der Waals surface area contributed by atoms with E-state index in [1.54, 1.807) is 35.4 Å². The Morgan fingerprint density at radius 2 is 2.17 bits per heavy atom. The Labute approximate surface area is 138 Å². The Hall–Kier alpha value is -3.22. The van der Waals surface area contributed by atoms with Gasteiger partial charge in [0.25, 0.3) is 11.5 Å². The number of aryl methyl sites for hydroxylation is 2. The van der Waals surface area contributed by atoms with Crippen LogP contribution >= 0.6 is 0 Å². The molecule has 0 bridgehead atoms. The van der Waals surface area contributed by atoms with Gasteiger partial charge >= 0.3 is 0 Å². The summed E-state index contributed by atoms with van der Waals surface area (Å²) in [5, 5.41) is 2.75. The SMILES string of the molecule is Cc1cc(C)c(CNC(=O)c2ccc(-n3ccnc3)nc2)c(=O)[nH]1. The van der Waals surface area contributed by atoms with Crippen molar-refractivity contribution in [1.82, 2.24) is 24.8 Å². The van der Waals surface area contributed by atoms with Crippen molar-refractivity contribution in [2.45, 2.75) is 20.4 Å². The van der Waals surface area contributed by atoms with Gasteiger partial charge in [0.2, 0.25) is 0 Å². The van der Waals surface area contributed by atoms with Gasteiger partial charge in [0.1, 0.15) is 12.1 Å². The Balaban J connectivity index is 1.71. The lowest BCUT2D eigenvalue weighted by Gasteiger charge is -2.08. The van der Waals surface area contributed by atoms with E-state index in [0.29, 0.717) is 16.9 Å². The zero-order valence-corrected chi connectivity index (χ0v) is 13.4. The van der Waals surface area contributed by atoms with Gasteiger partial charge in [-0.05, 0) is 37.6 Å². The van der Waals surface area contributed by atoms with E-state index >= 15 is 0 Å². The molecule has 2 N–H and O–H groups in total. The van der Waals surface area contributed by atoms with Gasteiger partial charge in [0.15, 0.2) is 0 Å². The van der Waals surface area contributed by atoms with E-state index in [1.165, 1.54) is 6.20 Å². The first-order chi connectivity index (χ1) is 11.5. The number of H-pyrrole nitrogens is 1. The van der Waals surface area contributed by atoms with Crippen molar-refractivity contribution in [2.75, 3.05) is 0 Å². The second-order valence-electron chi connectivity index (χ2n) is 5.50. The van der Waals surface area contributed by atoms with Crippen molar-refractivity contribution < 1.29 is 4.79 Å². The summed E-state index contributed by atoms with van der Waals surface area (Å²) in [5.74, 6) is 0.397. The molecular formula is C17H17N5O2. The second-order valence-corrected chi connectivity index (χ2v) is 5.50. The molecule has 1 amide bonds. The predicted octanol–water partition coefficient (Wildman–Crippen LogP) is 1.50. The molecule has 0 saturated heterocycles. The predicted molar refractivity (Wildman–Crippen MR) is 89.1 cm³/mol. The molecule has 0 atom stereocenters. The van der Waals surface area contributed by atoms with Gasteiger partial charge in [0.05, 0.1) is 5.56 Å². The molecule has 24 heavy (non-hydrogen) atoms. The number of nitrogens with zero attached hydrogens (tertiary/aromatic N) is 3. The molecule has 3 heterocycles. The van der Waals surface area contributed by atoms with Crippen LogP contribution in [0.4, 0.5) is 0 Å². The minimum absolute atomic E-state index is 0.170. The summed E-state index contributed by atoms with van der Waals surface area (Å²) < 4.78 is 1.75. The maximum Gasteiger partial charge on any atom is 0.253 e. The average Bonchev–Trinajstić information content (AvgIpc) is 3.08. The first-order valence-electron chi connectivity index (χ1n) is 7.46. The van der Waals surface area contributed by atoms with E-state index < -0.39 is 0 Å². The van der Waals surface area contributed by atoms with E-state index in [0.717, 1.165) is 11.3 Å². The largest absolute Gasteiger partial charge is 0.348 e. The quantitative estimate of drug-likeness (QED) is 0.761. The summed E-state index contributed by atoms with van der Waals surface area (Å²) in [5.41, 5.74) is 2.45. The molecule has 7 nitrogen and oxygen atoms in total. The van der Waals surface area contributed by atoms with Crippen LogP contribution in [0.5, 0.6) is 0 Å². The van der Waals surface area contributed by atoms with Crippen molar-refractivity contribution in [2.24, 2.45) is 0 Å². The zero-order valence-electron chi connectivity index (χ0n) is 13.4. The molecular weight excluding hydrogens is 306 g/mol. The normalized spacial score (nSPS) is 10.6. The van der Waals surface area contributed by atoms with E-state index in [2.05, 4.69) is 20.3 Å². The summed E-state index contributed by atoms with van der Waals surface area (Å²) >= 11 is 0. The minimum Gasteiger partial charge on any atom is -0.348 e. The molecule has 3 aromatic rings. The fraction of sp³-hybridized carbons (Fsp3) is 0.176. The number of imidazole rings is 1. The fourth-order valence-corrected chi connectivity index (χ4v) is 2.44. The zero-order chi connectivity index (χ0) is 17.1. The van der Waals surface area contributed by atoms with E-state index in [9.17, 15) is 9.59 Å². The standard InChI is InChI=1S/C17H17N5O2/c1-11-7-12(2)21-17(24)14(11)9-20-16(23)13-3-4-15(19-8-13)22-6-5-18-10-22/h3-8,10H,9H2,1-2H3,(H,20,23)(H,21,24). The van der Waals surface area contributed by atoms with Gasteiger partial charge in [-0.3, -0.25) is 14.2 Å². The van der Waals surface area contributed by atoms with E-state index in [1.807, 2.05) is 19.9 Å². The highest BCUT2D eigenvalue weighted by atomic mass is 16.1. The molecule has 0 aromatic carbocycles. The third-order valence-corrected chi connectivity index (χ3v) is 3.70. The van der Waals surface area contributed by atoms with Crippen LogP contribution in [-0.2, 0) is 6.54 Å². The lowest BCUT2D eigenvalue weighted by Crippen LogP contribution is -2.28. The summed E-state index contributed by atoms with van der Waals surface area (Å²) in [4.78, 5) is 35.1. The molecule has 0 aliphatic carbocycles. The van der Waals surface area contributed by atoms with Crippen LogP contribution < -0.4 is 10.9 Å².